The van der Waals surface area contributed by atoms with E-state index in [-0.39, 0.29) is 6.10 Å². The molecule has 3 saturated carbocycles. The van der Waals surface area contributed by atoms with Crippen LogP contribution >= 0.6 is 0 Å². The van der Waals surface area contributed by atoms with Crippen LogP contribution < -0.4 is 5.73 Å². The molecular weight excluding hydrogens is 366 g/mol. The van der Waals surface area contributed by atoms with E-state index in [1.54, 1.807) is 5.57 Å². The predicted molar refractivity (Wildman–Crippen MR) is 127 cm³/mol. The summed E-state index contributed by atoms with van der Waals surface area (Å²) in [7, 11) is 0. The van der Waals surface area contributed by atoms with Crippen molar-refractivity contribution in [3.63, 3.8) is 0 Å². The molecular formula is C28H49NO. The molecule has 0 spiro atoms. The lowest BCUT2D eigenvalue weighted by molar-refractivity contribution is -0.0744. The Balaban J connectivity index is 1.56. The van der Waals surface area contributed by atoms with Crippen LogP contribution in [0.15, 0.2) is 11.6 Å². The van der Waals surface area contributed by atoms with E-state index in [0.717, 1.165) is 54.9 Å². The molecule has 0 aromatic carbocycles. The van der Waals surface area contributed by atoms with Gasteiger partial charge in [-0.25, -0.2) is 0 Å². The number of hydrogen-bond acceptors (Lipinski definition) is 2. The van der Waals surface area contributed by atoms with Crippen LogP contribution in [0.3, 0.4) is 0 Å². The van der Waals surface area contributed by atoms with Gasteiger partial charge < -0.3 is 10.8 Å². The first-order valence-electron chi connectivity index (χ1n) is 13.3. The van der Waals surface area contributed by atoms with Crippen LogP contribution in [0, 0.1) is 52.3 Å². The van der Waals surface area contributed by atoms with E-state index in [1.807, 2.05) is 0 Å². The standard InChI is InChI=1S/C28H49NO/c1-18(2)7-6-8-19(3)23-9-10-24-26-20(17-29)15-21-16-22(30)11-13-27(21,4)25(26)12-14-28(23,24)5/h15,18-20,22-26,30H,6-14,16-17,29H2,1-5H3/t19-,20-,22+,23-,24?,25?,26?,27+,28-/m1/s1. The third kappa shape index (κ3) is 3.72. The largest absolute Gasteiger partial charge is 0.393 e. The number of aliphatic hydroxyl groups excluding tert-OH is 1. The molecule has 9 atom stereocenters. The van der Waals surface area contributed by atoms with Gasteiger partial charge in [0.1, 0.15) is 0 Å². The summed E-state index contributed by atoms with van der Waals surface area (Å²) in [6.45, 7) is 13.3. The SMILES string of the molecule is CC(C)CCC[C@@H](C)[C@H]1CCC2C3C(CC[C@@]21C)[C@@]1(C)CC[C@H](O)CC1=C[C@@H]3CN. The van der Waals surface area contributed by atoms with Crippen LogP contribution in [0.1, 0.15) is 98.8 Å². The zero-order valence-electron chi connectivity index (χ0n) is 20.5. The first-order valence-corrected chi connectivity index (χ1v) is 13.3. The van der Waals surface area contributed by atoms with E-state index in [2.05, 4.69) is 40.7 Å². The molecule has 3 unspecified atom stereocenters. The number of fused-ring (bicyclic) bond motifs is 5. The fraction of sp³-hybridized carbons (Fsp3) is 0.929. The second-order valence-corrected chi connectivity index (χ2v) is 12.7. The molecule has 4 rings (SSSR count). The van der Waals surface area contributed by atoms with Crippen LogP contribution in [0.2, 0.25) is 0 Å². The first-order chi connectivity index (χ1) is 14.2. The molecule has 0 aromatic rings. The summed E-state index contributed by atoms with van der Waals surface area (Å²) in [5.41, 5.74) is 8.80. The third-order valence-corrected chi connectivity index (χ3v) is 10.7. The van der Waals surface area contributed by atoms with Gasteiger partial charge in [-0.05, 0) is 104 Å². The van der Waals surface area contributed by atoms with Gasteiger partial charge in [-0.1, -0.05) is 65.5 Å². The van der Waals surface area contributed by atoms with Crippen LogP contribution in [0.4, 0.5) is 0 Å². The number of nitrogens with two attached hydrogens (primary N) is 1. The maximum Gasteiger partial charge on any atom is 0.0577 e. The van der Waals surface area contributed by atoms with Gasteiger partial charge in [0.25, 0.3) is 0 Å². The fourth-order valence-corrected chi connectivity index (χ4v) is 9.05. The van der Waals surface area contributed by atoms with E-state index >= 15 is 0 Å². The Labute approximate surface area is 186 Å². The predicted octanol–water partition coefficient (Wildman–Crippen LogP) is 6.57. The first kappa shape index (κ1) is 22.8. The lowest BCUT2D eigenvalue weighted by Gasteiger charge is -2.60. The van der Waals surface area contributed by atoms with E-state index in [1.165, 1.54) is 51.4 Å². The molecule has 0 bridgehead atoms. The molecule has 172 valence electrons. The summed E-state index contributed by atoms with van der Waals surface area (Å²) in [6.07, 6.45) is 15.4. The molecule has 0 radical (unpaired) electrons. The van der Waals surface area contributed by atoms with Crippen molar-refractivity contribution in [1.29, 1.82) is 0 Å². The van der Waals surface area contributed by atoms with Crippen molar-refractivity contribution in [2.24, 2.45) is 58.0 Å². The molecule has 4 aliphatic carbocycles. The van der Waals surface area contributed by atoms with Gasteiger partial charge in [0, 0.05) is 0 Å². The van der Waals surface area contributed by atoms with Crippen molar-refractivity contribution in [2.45, 2.75) is 105 Å². The van der Waals surface area contributed by atoms with E-state index in [0.29, 0.717) is 16.7 Å². The van der Waals surface area contributed by atoms with E-state index in [9.17, 15) is 5.11 Å². The van der Waals surface area contributed by atoms with Crippen LogP contribution in [0.5, 0.6) is 0 Å². The Morgan fingerprint density at radius 2 is 1.80 bits per heavy atom. The molecule has 2 nitrogen and oxygen atoms in total. The minimum absolute atomic E-state index is 0.129. The van der Waals surface area contributed by atoms with Gasteiger partial charge in [-0.2, -0.15) is 0 Å². The van der Waals surface area contributed by atoms with E-state index in [4.69, 9.17) is 5.73 Å². The Morgan fingerprint density at radius 1 is 1.03 bits per heavy atom. The summed E-state index contributed by atoms with van der Waals surface area (Å²) in [4.78, 5) is 0. The third-order valence-electron chi connectivity index (χ3n) is 10.7. The zero-order valence-corrected chi connectivity index (χ0v) is 20.5. The topological polar surface area (TPSA) is 46.2 Å². The summed E-state index contributed by atoms with van der Waals surface area (Å²) in [5.74, 6) is 5.54. The smallest absolute Gasteiger partial charge is 0.0577 e. The molecule has 2 heteroatoms. The van der Waals surface area contributed by atoms with Gasteiger partial charge in [0.15, 0.2) is 0 Å². The zero-order chi connectivity index (χ0) is 21.7. The molecule has 0 aromatic heterocycles. The average Bonchev–Trinajstić information content (AvgIpc) is 3.05. The molecule has 4 aliphatic rings. The Kier molecular flexibility index (Phi) is 6.50. The summed E-state index contributed by atoms with van der Waals surface area (Å²) >= 11 is 0. The van der Waals surface area contributed by atoms with Gasteiger partial charge in [-0.3, -0.25) is 0 Å². The highest BCUT2D eigenvalue weighted by Crippen LogP contribution is 2.68. The minimum Gasteiger partial charge on any atom is -0.393 e. The van der Waals surface area contributed by atoms with Crippen molar-refractivity contribution in [3.8, 4) is 0 Å². The Bertz CT molecular complexity index is 641. The molecule has 0 amide bonds. The lowest BCUT2D eigenvalue weighted by Crippen LogP contribution is -2.54. The van der Waals surface area contributed by atoms with Crippen molar-refractivity contribution in [3.05, 3.63) is 11.6 Å². The van der Waals surface area contributed by atoms with Gasteiger partial charge >= 0.3 is 0 Å². The van der Waals surface area contributed by atoms with Gasteiger partial charge in [-0.15, -0.1) is 0 Å². The van der Waals surface area contributed by atoms with Crippen molar-refractivity contribution < 1.29 is 5.11 Å². The molecule has 3 fully saturated rings. The normalized spacial score (nSPS) is 46.7. The van der Waals surface area contributed by atoms with Crippen molar-refractivity contribution >= 4 is 0 Å². The highest BCUT2D eigenvalue weighted by molar-refractivity contribution is 5.27. The molecule has 30 heavy (non-hydrogen) atoms. The van der Waals surface area contributed by atoms with Crippen LogP contribution in [-0.4, -0.2) is 17.8 Å². The highest BCUT2D eigenvalue weighted by Gasteiger charge is 2.60. The van der Waals surface area contributed by atoms with Gasteiger partial charge in [0.2, 0.25) is 0 Å². The molecule has 0 saturated heterocycles. The van der Waals surface area contributed by atoms with E-state index < -0.39 is 0 Å². The summed E-state index contributed by atoms with van der Waals surface area (Å²) in [5, 5.41) is 10.3. The van der Waals surface area contributed by atoms with Crippen LogP contribution in [-0.2, 0) is 0 Å². The second kappa shape index (κ2) is 8.54. The molecule has 0 heterocycles. The Hall–Kier alpha value is -0.340. The summed E-state index contributed by atoms with van der Waals surface area (Å²) < 4.78 is 0. The molecule has 0 aliphatic heterocycles. The lowest BCUT2D eigenvalue weighted by atomic mass is 9.45. The highest BCUT2D eigenvalue weighted by atomic mass is 16.3. The number of aliphatic hydroxyl groups is 1. The second-order valence-electron chi connectivity index (χ2n) is 12.7. The monoisotopic (exact) mass is 415 g/mol. The van der Waals surface area contributed by atoms with Crippen LogP contribution in [0.25, 0.3) is 0 Å². The molecule has 3 N–H and O–H groups in total. The van der Waals surface area contributed by atoms with Crippen molar-refractivity contribution in [1.82, 2.24) is 0 Å². The minimum atomic E-state index is -0.129. The maximum atomic E-state index is 10.3. The average molecular weight is 416 g/mol. The number of hydrogen-bond donors (Lipinski definition) is 2. The van der Waals surface area contributed by atoms with Gasteiger partial charge in [0.05, 0.1) is 6.10 Å². The maximum absolute atomic E-state index is 10.3. The number of rotatable bonds is 6. The quantitative estimate of drug-likeness (QED) is 0.482. The summed E-state index contributed by atoms with van der Waals surface area (Å²) in [6, 6.07) is 0. The van der Waals surface area contributed by atoms with Crippen molar-refractivity contribution in [2.75, 3.05) is 6.54 Å². The Morgan fingerprint density at radius 3 is 2.50 bits per heavy atom. The fourth-order valence-electron chi connectivity index (χ4n) is 9.05.